The summed E-state index contributed by atoms with van der Waals surface area (Å²) in [6, 6.07) is 2.10. The van der Waals surface area contributed by atoms with E-state index in [1.165, 1.54) is 11.3 Å². The van der Waals surface area contributed by atoms with Gasteiger partial charge in [0.15, 0.2) is 0 Å². The summed E-state index contributed by atoms with van der Waals surface area (Å²) in [5.74, 6) is 0.111. The van der Waals surface area contributed by atoms with Gasteiger partial charge in [-0.25, -0.2) is 4.98 Å². The van der Waals surface area contributed by atoms with Crippen LogP contribution < -0.4 is 10.9 Å². The van der Waals surface area contributed by atoms with Crippen molar-refractivity contribution < 1.29 is 4.79 Å². The summed E-state index contributed by atoms with van der Waals surface area (Å²) in [6.07, 6.45) is 4.27. The average Bonchev–Trinajstić information content (AvgIpc) is 3.04. The number of thiophene rings is 1. The minimum Gasteiger partial charge on any atom is -0.352 e. The summed E-state index contributed by atoms with van der Waals surface area (Å²) in [7, 11) is 0. The predicted molar refractivity (Wildman–Crippen MR) is 91.8 cm³/mol. The molecule has 0 unspecified atom stereocenters. The van der Waals surface area contributed by atoms with Gasteiger partial charge in [-0.2, -0.15) is 0 Å². The molecule has 0 aromatic carbocycles. The van der Waals surface area contributed by atoms with Gasteiger partial charge in [-0.3, -0.25) is 19.1 Å². The third kappa shape index (κ3) is 3.79. The number of hydrogen-bond donors (Lipinski definition) is 1. The van der Waals surface area contributed by atoms with Gasteiger partial charge in [0.25, 0.3) is 5.56 Å². The molecule has 0 aliphatic carbocycles. The molecule has 7 heteroatoms. The van der Waals surface area contributed by atoms with Crippen LogP contribution in [-0.4, -0.2) is 46.0 Å². The van der Waals surface area contributed by atoms with Crippen molar-refractivity contribution in [2.75, 3.05) is 19.6 Å². The Labute approximate surface area is 139 Å². The standard InChI is InChI=1S/C16H22N4O2S/c1-2-14(21)18-12-4-3-6-19(10-12)7-8-20-11-17-13-5-9-23-15(13)16(20)22/h5,9,11-12H,2-4,6-8,10H2,1H3,(H,18,21)/t12-/m1/s1. The quantitative estimate of drug-likeness (QED) is 0.899. The van der Waals surface area contributed by atoms with E-state index >= 15 is 0 Å². The Morgan fingerprint density at radius 1 is 1.48 bits per heavy atom. The zero-order valence-corrected chi connectivity index (χ0v) is 14.1. The Bertz CT molecular complexity index is 739. The summed E-state index contributed by atoms with van der Waals surface area (Å²) in [6.45, 7) is 5.18. The molecule has 1 N–H and O–H groups in total. The third-order valence-corrected chi connectivity index (χ3v) is 5.18. The highest BCUT2D eigenvalue weighted by Crippen LogP contribution is 2.13. The lowest BCUT2D eigenvalue weighted by molar-refractivity contribution is -0.121. The van der Waals surface area contributed by atoms with Gasteiger partial charge in [-0.1, -0.05) is 6.92 Å². The van der Waals surface area contributed by atoms with E-state index in [4.69, 9.17) is 0 Å². The number of carbonyl (C=O) groups excluding carboxylic acids is 1. The first kappa shape index (κ1) is 16.1. The lowest BCUT2D eigenvalue weighted by atomic mass is 10.1. The normalized spacial score (nSPS) is 19.1. The highest BCUT2D eigenvalue weighted by molar-refractivity contribution is 7.17. The lowest BCUT2D eigenvalue weighted by Crippen LogP contribution is -2.48. The van der Waals surface area contributed by atoms with Crippen LogP contribution in [0.25, 0.3) is 10.2 Å². The molecule has 124 valence electrons. The van der Waals surface area contributed by atoms with Gasteiger partial charge in [0.1, 0.15) is 4.70 Å². The van der Waals surface area contributed by atoms with Crippen molar-refractivity contribution in [2.45, 2.75) is 38.8 Å². The van der Waals surface area contributed by atoms with Crippen molar-refractivity contribution in [2.24, 2.45) is 0 Å². The van der Waals surface area contributed by atoms with E-state index in [2.05, 4.69) is 15.2 Å². The van der Waals surface area contributed by atoms with Gasteiger partial charge in [0.2, 0.25) is 5.91 Å². The number of fused-ring (bicyclic) bond motifs is 1. The molecule has 0 radical (unpaired) electrons. The van der Waals surface area contributed by atoms with E-state index in [0.29, 0.717) is 13.0 Å². The van der Waals surface area contributed by atoms with Crippen LogP contribution in [0.2, 0.25) is 0 Å². The molecule has 1 amide bonds. The highest BCUT2D eigenvalue weighted by atomic mass is 32.1. The fourth-order valence-corrected chi connectivity index (χ4v) is 3.79. The third-order valence-electron chi connectivity index (χ3n) is 4.28. The van der Waals surface area contributed by atoms with Crippen LogP contribution >= 0.6 is 11.3 Å². The topological polar surface area (TPSA) is 67.2 Å². The first-order valence-corrected chi connectivity index (χ1v) is 8.99. The van der Waals surface area contributed by atoms with Gasteiger partial charge in [-0.05, 0) is 30.8 Å². The second-order valence-electron chi connectivity index (χ2n) is 5.94. The minimum absolute atomic E-state index is 0.0397. The highest BCUT2D eigenvalue weighted by Gasteiger charge is 2.20. The maximum absolute atomic E-state index is 12.4. The fourth-order valence-electron chi connectivity index (χ4n) is 2.99. The fraction of sp³-hybridized carbons (Fsp3) is 0.562. The van der Waals surface area contributed by atoms with Crippen molar-refractivity contribution in [3.8, 4) is 0 Å². The molecule has 2 aromatic heterocycles. The first-order valence-electron chi connectivity index (χ1n) is 8.11. The van der Waals surface area contributed by atoms with Crippen LogP contribution in [0.1, 0.15) is 26.2 Å². The second-order valence-corrected chi connectivity index (χ2v) is 6.86. The number of hydrogen-bond acceptors (Lipinski definition) is 5. The lowest BCUT2D eigenvalue weighted by Gasteiger charge is -2.33. The number of likely N-dealkylation sites (tertiary alicyclic amines) is 1. The maximum atomic E-state index is 12.4. The smallest absolute Gasteiger partial charge is 0.271 e. The molecule has 23 heavy (non-hydrogen) atoms. The molecule has 1 atom stereocenters. The number of nitrogens with one attached hydrogen (secondary N) is 1. The summed E-state index contributed by atoms with van der Waals surface area (Å²) < 4.78 is 2.41. The number of aromatic nitrogens is 2. The molecule has 0 bridgehead atoms. The van der Waals surface area contributed by atoms with Crippen molar-refractivity contribution >= 4 is 27.5 Å². The summed E-state index contributed by atoms with van der Waals surface area (Å²) in [4.78, 5) is 30.5. The van der Waals surface area contributed by atoms with Crippen LogP contribution in [-0.2, 0) is 11.3 Å². The van der Waals surface area contributed by atoms with Crippen molar-refractivity contribution in [1.29, 1.82) is 0 Å². The van der Waals surface area contributed by atoms with Crippen LogP contribution in [0.3, 0.4) is 0 Å². The van der Waals surface area contributed by atoms with Gasteiger partial charge >= 0.3 is 0 Å². The average molecular weight is 334 g/mol. The van der Waals surface area contributed by atoms with E-state index in [-0.39, 0.29) is 17.5 Å². The Hall–Kier alpha value is -1.73. The molecule has 0 spiro atoms. The zero-order chi connectivity index (χ0) is 16.2. The molecule has 2 aromatic rings. The molecular weight excluding hydrogens is 312 g/mol. The van der Waals surface area contributed by atoms with Crippen LogP contribution in [0.15, 0.2) is 22.6 Å². The van der Waals surface area contributed by atoms with E-state index in [0.717, 1.165) is 42.7 Å². The molecule has 1 aliphatic rings. The molecule has 0 saturated carbocycles. The number of carbonyl (C=O) groups is 1. The van der Waals surface area contributed by atoms with Crippen molar-refractivity contribution in [1.82, 2.24) is 19.8 Å². The van der Waals surface area contributed by atoms with E-state index < -0.39 is 0 Å². The largest absolute Gasteiger partial charge is 0.352 e. The molecule has 1 aliphatic heterocycles. The molecule has 3 rings (SSSR count). The van der Waals surface area contributed by atoms with Crippen molar-refractivity contribution in [3.63, 3.8) is 0 Å². The molecular formula is C16H22N4O2S. The number of piperidine rings is 1. The summed E-state index contributed by atoms with van der Waals surface area (Å²) in [5, 5.41) is 4.97. The van der Waals surface area contributed by atoms with E-state index in [1.54, 1.807) is 10.9 Å². The minimum atomic E-state index is 0.0397. The van der Waals surface area contributed by atoms with Crippen LogP contribution in [0.4, 0.5) is 0 Å². The maximum Gasteiger partial charge on any atom is 0.271 e. The Balaban J connectivity index is 1.59. The van der Waals surface area contributed by atoms with Gasteiger partial charge < -0.3 is 5.32 Å². The Morgan fingerprint density at radius 3 is 3.17 bits per heavy atom. The first-order chi connectivity index (χ1) is 11.2. The molecule has 6 nitrogen and oxygen atoms in total. The van der Waals surface area contributed by atoms with Crippen molar-refractivity contribution in [3.05, 3.63) is 28.1 Å². The molecule has 1 fully saturated rings. The van der Waals surface area contributed by atoms with E-state index in [1.807, 2.05) is 18.4 Å². The summed E-state index contributed by atoms with van der Waals surface area (Å²) >= 11 is 1.44. The zero-order valence-electron chi connectivity index (χ0n) is 13.3. The number of nitrogens with zero attached hydrogens (tertiary/aromatic N) is 3. The predicted octanol–water partition coefficient (Wildman–Crippen LogP) is 1.45. The van der Waals surface area contributed by atoms with Gasteiger partial charge in [-0.15, -0.1) is 11.3 Å². The SMILES string of the molecule is CCC(=O)N[C@@H]1CCCN(CCn2cnc3ccsc3c2=O)C1. The van der Waals surface area contributed by atoms with Gasteiger partial charge in [0, 0.05) is 32.1 Å². The molecule has 1 saturated heterocycles. The van der Waals surface area contributed by atoms with Crippen LogP contribution in [0.5, 0.6) is 0 Å². The van der Waals surface area contributed by atoms with Gasteiger partial charge in [0.05, 0.1) is 11.8 Å². The van der Waals surface area contributed by atoms with E-state index in [9.17, 15) is 9.59 Å². The summed E-state index contributed by atoms with van der Waals surface area (Å²) in [5.41, 5.74) is 0.814. The van der Waals surface area contributed by atoms with Crippen LogP contribution in [0, 0.1) is 0 Å². The monoisotopic (exact) mass is 334 g/mol. The second kappa shape index (κ2) is 7.23. The number of rotatable bonds is 5. The molecule has 3 heterocycles. The Morgan fingerprint density at radius 2 is 2.35 bits per heavy atom. The Kier molecular flexibility index (Phi) is 5.07. The number of amides is 1.